The van der Waals surface area contributed by atoms with Gasteiger partial charge in [-0.15, -0.1) is 0 Å². The van der Waals surface area contributed by atoms with Crippen LogP contribution in [0.2, 0.25) is 0 Å². The molecule has 4 heteroatoms. The second-order valence-electron chi connectivity index (χ2n) is 3.81. The molecule has 0 amide bonds. The number of ether oxygens (including phenoxy) is 1. The third-order valence-electron chi connectivity index (χ3n) is 2.71. The van der Waals surface area contributed by atoms with Gasteiger partial charge in [0.15, 0.2) is 0 Å². The first-order valence-electron chi connectivity index (χ1n) is 5.44. The van der Waals surface area contributed by atoms with E-state index in [1.165, 1.54) is 5.56 Å². The maximum Gasteiger partial charge on any atom is 0.0693 e. The molecule has 15 heavy (non-hydrogen) atoms. The third kappa shape index (κ3) is 3.64. The van der Waals surface area contributed by atoms with E-state index < -0.39 is 0 Å². The Balaban J connectivity index is 2.36. The summed E-state index contributed by atoms with van der Waals surface area (Å²) >= 11 is 0. The van der Waals surface area contributed by atoms with Crippen LogP contribution in [0.25, 0.3) is 0 Å². The fourth-order valence-electron chi connectivity index (χ4n) is 1.32. The highest BCUT2D eigenvalue weighted by Gasteiger charge is 2.10. The Morgan fingerprint density at radius 1 is 1.53 bits per heavy atom. The first kappa shape index (κ1) is 12.2. The lowest BCUT2D eigenvalue weighted by molar-refractivity contribution is 0.0882. The molecule has 0 radical (unpaired) electrons. The Morgan fingerprint density at radius 3 is 2.80 bits per heavy atom. The van der Waals surface area contributed by atoms with Crippen molar-refractivity contribution in [2.45, 2.75) is 46.0 Å². The Bertz CT molecular complexity index is 285. The molecule has 0 aliphatic carbocycles. The number of hydrogen-bond donors (Lipinski definition) is 1. The minimum atomic E-state index is 0.228. The molecule has 0 aromatic carbocycles. The molecule has 1 N–H and O–H groups in total. The summed E-state index contributed by atoms with van der Waals surface area (Å²) in [4.78, 5) is 0. The average molecular weight is 211 g/mol. The summed E-state index contributed by atoms with van der Waals surface area (Å²) in [6.07, 6.45) is 4.20. The average Bonchev–Trinajstić information content (AvgIpc) is 2.72. The summed E-state index contributed by atoms with van der Waals surface area (Å²) in [5.74, 6) is 0. The van der Waals surface area contributed by atoms with Gasteiger partial charge >= 0.3 is 0 Å². The largest absolute Gasteiger partial charge is 0.380 e. The number of hydrogen-bond acceptors (Lipinski definition) is 3. The van der Waals surface area contributed by atoms with Crippen LogP contribution in [0.1, 0.15) is 26.3 Å². The number of methoxy groups -OCH3 is 1. The zero-order chi connectivity index (χ0) is 11.3. The van der Waals surface area contributed by atoms with Gasteiger partial charge < -0.3 is 10.1 Å². The minimum absolute atomic E-state index is 0.228. The van der Waals surface area contributed by atoms with Gasteiger partial charge in [0, 0.05) is 38.0 Å². The lowest BCUT2D eigenvalue weighted by Crippen LogP contribution is -2.36. The molecule has 0 bridgehead atoms. The molecule has 0 saturated heterocycles. The Labute approximate surface area is 91.6 Å². The fourth-order valence-corrected chi connectivity index (χ4v) is 1.32. The molecule has 86 valence electrons. The molecule has 1 rings (SSSR count). The molecular formula is C11H21N3O. The summed E-state index contributed by atoms with van der Waals surface area (Å²) in [6, 6.07) is 0.347. The van der Waals surface area contributed by atoms with Crippen LogP contribution in [-0.4, -0.2) is 29.0 Å². The van der Waals surface area contributed by atoms with Crippen LogP contribution in [0, 0.1) is 0 Å². The summed E-state index contributed by atoms with van der Waals surface area (Å²) in [6.45, 7) is 8.03. The van der Waals surface area contributed by atoms with Gasteiger partial charge in [0.05, 0.1) is 12.3 Å². The van der Waals surface area contributed by atoms with Gasteiger partial charge in [0.2, 0.25) is 0 Å². The van der Waals surface area contributed by atoms with Gasteiger partial charge in [-0.05, 0) is 20.8 Å². The van der Waals surface area contributed by atoms with Crippen molar-refractivity contribution in [3.05, 3.63) is 18.0 Å². The lowest BCUT2D eigenvalue weighted by atomic mass is 10.2. The van der Waals surface area contributed by atoms with E-state index in [2.05, 4.69) is 37.4 Å². The molecule has 0 aliphatic heterocycles. The van der Waals surface area contributed by atoms with E-state index in [0.29, 0.717) is 6.04 Å². The highest BCUT2D eigenvalue weighted by molar-refractivity contribution is 5.03. The Morgan fingerprint density at radius 2 is 2.27 bits per heavy atom. The van der Waals surface area contributed by atoms with Crippen molar-refractivity contribution >= 4 is 0 Å². The van der Waals surface area contributed by atoms with E-state index >= 15 is 0 Å². The van der Waals surface area contributed by atoms with Crippen molar-refractivity contribution < 1.29 is 4.74 Å². The van der Waals surface area contributed by atoms with E-state index in [1.54, 1.807) is 7.11 Å². The smallest absolute Gasteiger partial charge is 0.0693 e. The quantitative estimate of drug-likeness (QED) is 0.773. The zero-order valence-corrected chi connectivity index (χ0v) is 10.0. The highest BCUT2D eigenvalue weighted by atomic mass is 16.5. The summed E-state index contributed by atoms with van der Waals surface area (Å²) in [7, 11) is 1.73. The van der Waals surface area contributed by atoms with Gasteiger partial charge in [-0.25, -0.2) is 0 Å². The van der Waals surface area contributed by atoms with Gasteiger partial charge in [-0.3, -0.25) is 4.68 Å². The molecule has 4 nitrogen and oxygen atoms in total. The lowest BCUT2D eigenvalue weighted by Gasteiger charge is -2.19. The van der Waals surface area contributed by atoms with E-state index in [1.807, 2.05) is 10.9 Å². The minimum Gasteiger partial charge on any atom is -0.380 e. The maximum absolute atomic E-state index is 5.24. The van der Waals surface area contributed by atoms with E-state index in [0.717, 1.165) is 13.1 Å². The molecule has 0 spiro atoms. The Kier molecular flexibility index (Phi) is 4.78. The van der Waals surface area contributed by atoms with E-state index in [9.17, 15) is 0 Å². The molecule has 1 aromatic rings. The van der Waals surface area contributed by atoms with E-state index in [4.69, 9.17) is 4.74 Å². The summed E-state index contributed by atoms with van der Waals surface area (Å²) < 4.78 is 7.18. The predicted octanol–water partition coefficient (Wildman–Crippen LogP) is 1.42. The number of aromatic nitrogens is 2. The second kappa shape index (κ2) is 5.88. The normalized spacial score (nSPS) is 15.2. The zero-order valence-electron chi connectivity index (χ0n) is 10.0. The molecule has 2 unspecified atom stereocenters. The van der Waals surface area contributed by atoms with Crippen molar-refractivity contribution in [3.8, 4) is 0 Å². The van der Waals surface area contributed by atoms with Crippen molar-refractivity contribution in [1.29, 1.82) is 0 Å². The summed E-state index contributed by atoms with van der Waals surface area (Å²) in [5.41, 5.74) is 1.21. The maximum atomic E-state index is 5.24. The van der Waals surface area contributed by atoms with Gasteiger partial charge in [0.1, 0.15) is 0 Å². The number of rotatable bonds is 6. The SMILES string of the molecule is CCn1cc(CNC(C)C(C)OC)cn1. The van der Waals surface area contributed by atoms with Crippen LogP contribution in [-0.2, 0) is 17.8 Å². The van der Waals surface area contributed by atoms with E-state index in [-0.39, 0.29) is 6.10 Å². The monoisotopic (exact) mass is 211 g/mol. The van der Waals surface area contributed by atoms with Gasteiger partial charge in [-0.2, -0.15) is 5.10 Å². The van der Waals surface area contributed by atoms with Crippen LogP contribution in [0.5, 0.6) is 0 Å². The van der Waals surface area contributed by atoms with Crippen molar-refractivity contribution in [2.75, 3.05) is 7.11 Å². The third-order valence-corrected chi connectivity index (χ3v) is 2.71. The second-order valence-corrected chi connectivity index (χ2v) is 3.81. The summed E-state index contributed by atoms with van der Waals surface area (Å²) in [5, 5.41) is 7.63. The molecule has 0 aliphatic rings. The molecule has 2 atom stereocenters. The van der Waals surface area contributed by atoms with Crippen LogP contribution in [0.15, 0.2) is 12.4 Å². The number of nitrogens with zero attached hydrogens (tertiary/aromatic N) is 2. The molecule has 0 saturated carbocycles. The van der Waals surface area contributed by atoms with Crippen LogP contribution in [0.4, 0.5) is 0 Å². The number of nitrogens with one attached hydrogen (secondary N) is 1. The van der Waals surface area contributed by atoms with Crippen molar-refractivity contribution in [3.63, 3.8) is 0 Å². The topological polar surface area (TPSA) is 39.1 Å². The van der Waals surface area contributed by atoms with Crippen molar-refractivity contribution in [1.82, 2.24) is 15.1 Å². The van der Waals surface area contributed by atoms with Gasteiger partial charge in [-0.1, -0.05) is 0 Å². The van der Waals surface area contributed by atoms with Crippen LogP contribution in [0.3, 0.4) is 0 Å². The first-order chi connectivity index (χ1) is 7.17. The first-order valence-corrected chi connectivity index (χ1v) is 5.44. The molecular weight excluding hydrogens is 190 g/mol. The van der Waals surface area contributed by atoms with Crippen molar-refractivity contribution in [2.24, 2.45) is 0 Å². The fraction of sp³-hybridized carbons (Fsp3) is 0.727. The van der Waals surface area contributed by atoms with Gasteiger partial charge in [0.25, 0.3) is 0 Å². The molecule has 0 fully saturated rings. The number of aryl methyl sites for hydroxylation is 1. The Hall–Kier alpha value is -0.870. The molecule has 1 aromatic heterocycles. The standard InChI is InChI=1S/C11H21N3O/c1-5-14-8-11(7-13-14)6-12-9(2)10(3)15-4/h7-10,12H,5-6H2,1-4H3. The molecule has 1 heterocycles. The van der Waals surface area contributed by atoms with Crippen LogP contribution < -0.4 is 5.32 Å². The van der Waals surface area contributed by atoms with Crippen LogP contribution >= 0.6 is 0 Å². The highest BCUT2D eigenvalue weighted by Crippen LogP contribution is 2.01. The predicted molar refractivity (Wildman–Crippen MR) is 60.7 cm³/mol.